The van der Waals surface area contributed by atoms with Gasteiger partial charge in [-0.25, -0.2) is 0 Å². The number of rotatable bonds is 9. The van der Waals surface area contributed by atoms with Crippen molar-refractivity contribution < 1.29 is 14.3 Å². The van der Waals surface area contributed by atoms with Crippen LogP contribution in [-0.4, -0.2) is 29.2 Å². The fraction of sp³-hybridized carbons (Fsp3) is 0.189. The summed E-state index contributed by atoms with van der Waals surface area (Å²) in [7, 11) is 0. The van der Waals surface area contributed by atoms with Crippen LogP contribution in [0.2, 0.25) is 0 Å². The Labute approximate surface area is 267 Å². The number of thioether (sulfide) groups is 1. The molecule has 6 nitrogen and oxygen atoms in total. The van der Waals surface area contributed by atoms with Gasteiger partial charge in [0.2, 0.25) is 5.91 Å². The van der Waals surface area contributed by atoms with Crippen LogP contribution in [0.15, 0.2) is 145 Å². The number of hydrogen-bond donors (Lipinski definition) is 1. The number of amides is 1. The summed E-state index contributed by atoms with van der Waals surface area (Å²) in [4.78, 5) is 32.5. The zero-order valence-corrected chi connectivity index (χ0v) is 26.8. The Bertz CT molecular complexity index is 1410. The minimum absolute atomic E-state index is 0.0150. The van der Waals surface area contributed by atoms with E-state index in [0.717, 1.165) is 33.7 Å². The van der Waals surface area contributed by atoms with Crippen LogP contribution in [0.4, 0.5) is 0 Å². The lowest BCUT2D eigenvalue weighted by molar-refractivity contribution is -0.142. The van der Waals surface area contributed by atoms with E-state index >= 15 is 0 Å². The van der Waals surface area contributed by atoms with E-state index in [2.05, 4.69) is 54.2 Å². The normalized spacial score (nSPS) is 11.2. The molecule has 0 radical (unpaired) electrons. The molecule has 44 heavy (non-hydrogen) atoms. The molecule has 1 aromatic heterocycles. The summed E-state index contributed by atoms with van der Waals surface area (Å²) in [5.41, 5.74) is 6.08. The molecule has 0 fully saturated rings. The molecule has 2 aromatic carbocycles. The summed E-state index contributed by atoms with van der Waals surface area (Å²) in [5.74, 6) is -0.212. The Morgan fingerprint density at radius 2 is 1.73 bits per heavy atom. The molecule has 2 heterocycles. The maximum absolute atomic E-state index is 11.6. The van der Waals surface area contributed by atoms with Crippen LogP contribution >= 0.6 is 11.8 Å². The number of esters is 1. The molecule has 1 amide bonds. The fourth-order valence-electron chi connectivity index (χ4n) is 3.60. The molecule has 0 saturated heterocycles. The molecule has 1 aliphatic rings. The quantitative estimate of drug-likeness (QED) is 0.150. The second-order valence-electron chi connectivity index (χ2n) is 8.90. The number of benzene rings is 2. The van der Waals surface area contributed by atoms with Crippen molar-refractivity contribution in [2.45, 2.75) is 45.1 Å². The third-order valence-electron chi connectivity index (χ3n) is 5.54. The van der Waals surface area contributed by atoms with Crippen molar-refractivity contribution in [3.63, 3.8) is 0 Å². The minimum atomic E-state index is -0.197. The van der Waals surface area contributed by atoms with Gasteiger partial charge in [0.05, 0.1) is 18.7 Å². The van der Waals surface area contributed by atoms with Gasteiger partial charge in [0, 0.05) is 47.1 Å². The van der Waals surface area contributed by atoms with E-state index in [9.17, 15) is 9.59 Å². The van der Waals surface area contributed by atoms with Crippen molar-refractivity contribution in [3.05, 3.63) is 157 Å². The Hall–Kier alpha value is -4.75. The Morgan fingerprint density at radius 1 is 1.00 bits per heavy atom. The summed E-state index contributed by atoms with van der Waals surface area (Å²) in [6.07, 6.45) is 11.3. The number of carbonyl (C=O) groups is 2. The highest BCUT2D eigenvalue weighted by molar-refractivity contribution is 8.02. The summed E-state index contributed by atoms with van der Waals surface area (Å²) in [6, 6.07) is 20.0. The SMILES string of the molecule is C=C.C=C/C=C\C.C=CCC(=O)NCc1cccnc1.CCOC(=O)Cc1ccc(C2=NC(C)=CSc3ccccc32)cc1. The van der Waals surface area contributed by atoms with Crippen LogP contribution < -0.4 is 5.32 Å². The van der Waals surface area contributed by atoms with Crippen LogP contribution in [0, 0.1) is 0 Å². The molecule has 0 aliphatic carbocycles. The van der Waals surface area contributed by atoms with Gasteiger partial charge >= 0.3 is 5.97 Å². The number of nitrogens with zero attached hydrogens (tertiary/aromatic N) is 2. The highest BCUT2D eigenvalue weighted by atomic mass is 32.2. The average Bonchev–Trinajstić information content (AvgIpc) is 3.22. The number of aliphatic imine (C=N–C) groups is 1. The molecular weight excluding hydrogens is 566 g/mol. The van der Waals surface area contributed by atoms with E-state index in [-0.39, 0.29) is 11.9 Å². The number of allylic oxidation sites excluding steroid dienone is 4. The Kier molecular flexibility index (Phi) is 19.3. The standard InChI is InChI=1S/C20H19NO2S.C10H12N2O.C5H8.C2H4/c1-3-23-19(22)12-15-8-10-16(11-9-15)20-17-6-4-5-7-18(17)24-13-14(2)21-20;1-2-4-10(13)12-8-9-5-3-6-11-7-9;1-3-5-4-2;1-2/h4-11,13H,3,12H2,1-2H3;2-3,5-7H,1,4,8H2,(H,12,13);3-5H,1H2,2H3;1-2H2/b;;5-4-;. The van der Waals surface area contributed by atoms with Crippen molar-refractivity contribution >= 4 is 29.4 Å². The van der Waals surface area contributed by atoms with Gasteiger partial charge in [0.15, 0.2) is 0 Å². The predicted molar refractivity (Wildman–Crippen MR) is 186 cm³/mol. The molecule has 1 N–H and O–H groups in total. The zero-order valence-electron chi connectivity index (χ0n) is 26.0. The van der Waals surface area contributed by atoms with Crippen LogP contribution in [0.25, 0.3) is 0 Å². The first kappa shape index (κ1) is 37.3. The van der Waals surface area contributed by atoms with Gasteiger partial charge in [-0.2, -0.15) is 0 Å². The van der Waals surface area contributed by atoms with Crippen molar-refractivity contribution in [2.24, 2.45) is 4.99 Å². The molecule has 0 bridgehead atoms. The number of aromatic nitrogens is 1. The molecular formula is C37H43N3O3S. The summed E-state index contributed by atoms with van der Waals surface area (Å²) < 4.78 is 5.00. The first-order chi connectivity index (χ1) is 21.4. The van der Waals surface area contributed by atoms with E-state index in [1.807, 2.05) is 81.5 Å². The van der Waals surface area contributed by atoms with Crippen LogP contribution in [0.1, 0.15) is 49.4 Å². The number of carbonyl (C=O) groups excluding carboxylic acids is 2. The second-order valence-corrected chi connectivity index (χ2v) is 9.82. The number of hydrogen-bond acceptors (Lipinski definition) is 6. The Balaban J connectivity index is 0.000000406. The highest BCUT2D eigenvalue weighted by Gasteiger charge is 2.15. The lowest BCUT2D eigenvalue weighted by Crippen LogP contribution is -2.21. The van der Waals surface area contributed by atoms with Crippen molar-refractivity contribution in [1.29, 1.82) is 0 Å². The fourth-order valence-corrected chi connectivity index (χ4v) is 4.40. The minimum Gasteiger partial charge on any atom is -0.466 e. The van der Waals surface area contributed by atoms with Gasteiger partial charge in [-0.1, -0.05) is 91.2 Å². The average molecular weight is 610 g/mol. The van der Waals surface area contributed by atoms with E-state index < -0.39 is 0 Å². The number of nitrogens with one attached hydrogen (secondary N) is 1. The molecule has 7 heteroatoms. The monoisotopic (exact) mass is 609 g/mol. The number of ether oxygens (including phenoxy) is 1. The number of pyridine rings is 1. The van der Waals surface area contributed by atoms with Gasteiger partial charge in [0.25, 0.3) is 0 Å². The summed E-state index contributed by atoms with van der Waals surface area (Å²) in [5, 5.41) is 4.82. The van der Waals surface area contributed by atoms with E-state index in [1.54, 1.807) is 36.3 Å². The van der Waals surface area contributed by atoms with Crippen molar-refractivity contribution in [1.82, 2.24) is 10.3 Å². The van der Waals surface area contributed by atoms with Gasteiger partial charge in [-0.3, -0.25) is 19.6 Å². The first-order valence-electron chi connectivity index (χ1n) is 14.2. The van der Waals surface area contributed by atoms with Crippen LogP contribution in [0.3, 0.4) is 0 Å². The topological polar surface area (TPSA) is 80.6 Å². The summed E-state index contributed by atoms with van der Waals surface area (Å²) >= 11 is 1.70. The van der Waals surface area contributed by atoms with Crippen molar-refractivity contribution in [2.75, 3.05) is 6.61 Å². The van der Waals surface area contributed by atoms with Gasteiger partial charge in [-0.05, 0) is 49.4 Å². The van der Waals surface area contributed by atoms with Crippen molar-refractivity contribution in [3.8, 4) is 0 Å². The third-order valence-corrected chi connectivity index (χ3v) is 6.61. The lowest BCUT2D eigenvalue weighted by atomic mass is 10.00. The molecule has 3 aromatic rings. The second kappa shape index (κ2) is 22.8. The van der Waals surface area contributed by atoms with E-state index in [0.29, 0.717) is 26.0 Å². The maximum Gasteiger partial charge on any atom is 0.310 e. The van der Waals surface area contributed by atoms with Crippen LogP contribution in [-0.2, 0) is 27.3 Å². The van der Waals surface area contributed by atoms with Gasteiger partial charge < -0.3 is 10.1 Å². The third kappa shape index (κ3) is 14.4. The summed E-state index contributed by atoms with van der Waals surface area (Å²) in [6.45, 7) is 19.7. The molecule has 0 unspecified atom stereocenters. The first-order valence-corrected chi connectivity index (χ1v) is 15.1. The zero-order chi connectivity index (χ0) is 32.6. The molecule has 0 atom stereocenters. The number of fused-ring (bicyclic) bond motifs is 1. The lowest BCUT2D eigenvalue weighted by Gasteiger charge is -2.10. The van der Waals surface area contributed by atoms with Gasteiger partial charge in [-0.15, -0.1) is 19.7 Å². The molecule has 0 spiro atoms. The van der Waals surface area contributed by atoms with Gasteiger partial charge in [0.1, 0.15) is 0 Å². The molecule has 1 aliphatic heterocycles. The van der Waals surface area contributed by atoms with Crippen LogP contribution in [0.5, 0.6) is 0 Å². The molecule has 230 valence electrons. The Morgan fingerprint density at radius 3 is 2.32 bits per heavy atom. The highest BCUT2D eigenvalue weighted by Crippen LogP contribution is 2.30. The predicted octanol–water partition coefficient (Wildman–Crippen LogP) is 8.42. The molecule has 4 rings (SSSR count). The van der Waals surface area contributed by atoms with E-state index in [1.165, 1.54) is 4.90 Å². The maximum atomic E-state index is 11.6. The van der Waals surface area contributed by atoms with E-state index in [4.69, 9.17) is 9.73 Å². The molecule has 0 saturated carbocycles. The largest absolute Gasteiger partial charge is 0.466 e. The smallest absolute Gasteiger partial charge is 0.310 e.